The molecule has 1 aromatic rings. The maximum atomic E-state index is 12.2. The molecule has 0 fully saturated rings. The third-order valence-corrected chi connectivity index (χ3v) is 4.96. The highest BCUT2D eigenvalue weighted by Gasteiger charge is 2.21. The number of aliphatic hydroxyl groups is 1. The predicted molar refractivity (Wildman–Crippen MR) is 81.2 cm³/mol. The SMILES string of the molecule is CCC(C)c1ccc(S(=O)(=O)NCC(C)(C)CO)cc1. The zero-order valence-corrected chi connectivity index (χ0v) is 13.5. The lowest BCUT2D eigenvalue weighted by atomic mass is 9.96. The first-order valence-corrected chi connectivity index (χ1v) is 8.40. The van der Waals surface area contributed by atoms with Crippen LogP contribution in [-0.2, 0) is 10.0 Å². The Kier molecular flexibility index (Phi) is 5.74. The third kappa shape index (κ3) is 4.58. The van der Waals surface area contributed by atoms with Crippen LogP contribution in [0, 0.1) is 5.41 Å². The van der Waals surface area contributed by atoms with E-state index in [0.717, 1.165) is 12.0 Å². The zero-order chi connectivity index (χ0) is 15.4. The molecular formula is C15H25NO3S. The first-order chi connectivity index (χ1) is 9.22. The monoisotopic (exact) mass is 299 g/mol. The molecule has 0 aliphatic carbocycles. The van der Waals surface area contributed by atoms with Crippen LogP contribution in [0.15, 0.2) is 29.2 Å². The lowest BCUT2D eigenvalue weighted by Crippen LogP contribution is -2.36. The molecule has 1 rings (SSSR count). The van der Waals surface area contributed by atoms with Crippen LogP contribution >= 0.6 is 0 Å². The van der Waals surface area contributed by atoms with Gasteiger partial charge in [0.2, 0.25) is 10.0 Å². The van der Waals surface area contributed by atoms with Gasteiger partial charge in [-0.1, -0.05) is 39.8 Å². The van der Waals surface area contributed by atoms with E-state index in [1.165, 1.54) is 0 Å². The van der Waals surface area contributed by atoms with Crippen LogP contribution in [0.2, 0.25) is 0 Å². The fourth-order valence-electron chi connectivity index (χ4n) is 1.64. The molecule has 114 valence electrons. The van der Waals surface area contributed by atoms with Gasteiger partial charge in [-0.25, -0.2) is 13.1 Å². The van der Waals surface area contributed by atoms with Crippen molar-refractivity contribution in [3.8, 4) is 0 Å². The normalized spacial score (nSPS) is 14.2. The molecule has 0 aliphatic rings. The van der Waals surface area contributed by atoms with Gasteiger partial charge in [0, 0.05) is 18.6 Å². The number of benzene rings is 1. The Labute approximate surface area is 122 Å². The number of sulfonamides is 1. The molecule has 0 spiro atoms. The highest BCUT2D eigenvalue weighted by molar-refractivity contribution is 7.89. The molecular weight excluding hydrogens is 274 g/mol. The van der Waals surface area contributed by atoms with Gasteiger partial charge in [0.15, 0.2) is 0 Å². The molecule has 2 N–H and O–H groups in total. The molecule has 0 saturated carbocycles. The molecule has 0 radical (unpaired) electrons. The summed E-state index contributed by atoms with van der Waals surface area (Å²) in [6.45, 7) is 7.98. The smallest absolute Gasteiger partial charge is 0.240 e. The maximum Gasteiger partial charge on any atom is 0.240 e. The Morgan fingerprint density at radius 2 is 1.80 bits per heavy atom. The van der Waals surface area contributed by atoms with Crippen LogP contribution in [0.4, 0.5) is 0 Å². The van der Waals surface area contributed by atoms with E-state index in [0.29, 0.717) is 5.92 Å². The van der Waals surface area contributed by atoms with Gasteiger partial charge in [-0.05, 0) is 30.0 Å². The second-order valence-corrected chi connectivity index (χ2v) is 7.79. The standard InChI is InChI=1S/C15H25NO3S/c1-5-12(2)13-6-8-14(9-7-13)20(18,19)16-10-15(3,4)11-17/h6-9,12,16-17H,5,10-11H2,1-4H3. The van der Waals surface area contributed by atoms with Crippen LogP contribution in [0.1, 0.15) is 45.6 Å². The molecule has 0 aliphatic heterocycles. The first kappa shape index (κ1) is 17.1. The van der Waals surface area contributed by atoms with Crippen LogP contribution in [0.5, 0.6) is 0 Å². The Bertz CT molecular complexity index is 521. The van der Waals surface area contributed by atoms with E-state index in [-0.39, 0.29) is 18.0 Å². The van der Waals surface area contributed by atoms with E-state index < -0.39 is 15.4 Å². The minimum Gasteiger partial charge on any atom is -0.396 e. The van der Waals surface area contributed by atoms with E-state index in [9.17, 15) is 8.42 Å². The van der Waals surface area contributed by atoms with E-state index in [1.54, 1.807) is 12.1 Å². The maximum absolute atomic E-state index is 12.2. The van der Waals surface area contributed by atoms with E-state index >= 15 is 0 Å². The van der Waals surface area contributed by atoms with Crippen molar-refractivity contribution >= 4 is 10.0 Å². The largest absolute Gasteiger partial charge is 0.396 e. The Balaban J connectivity index is 2.83. The van der Waals surface area contributed by atoms with E-state index in [2.05, 4.69) is 18.6 Å². The summed E-state index contributed by atoms with van der Waals surface area (Å²) in [6.07, 6.45) is 1.02. The first-order valence-electron chi connectivity index (χ1n) is 6.92. The average Bonchev–Trinajstić information content (AvgIpc) is 2.45. The topological polar surface area (TPSA) is 66.4 Å². The van der Waals surface area contributed by atoms with Gasteiger partial charge in [-0.3, -0.25) is 0 Å². The molecule has 0 aromatic heterocycles. The second-order valence-electron chi connectivity index (χ2n) is 6.03. The molecule has 0 saturated heterocycles. The fraction of sp³-hybridized carbons (Fsp3) is 0.600. The van der Waals surface area contributed by atoms with E-state index in [1.807, 2.05) is 26.0 Å². The van der Waals surface area contributed by atoms with E-state index in [4.69, 9.17) is 5.11 Å². The van der Waals surface area contributed by atoms with Crippen molar-refractivity contribution in [3.05, 3.63) is 29.8 Å². The summed E-state index contributed by atoms with van der Waals surface area (Å²) < 4.78 is 26.8. The van der Waals surface area contributed by atoms with Gasteiger partial charge in [0.1, 0.15) is 0 Å². The van der Waals surface area contributed by atoms with Crippen LogP contribution in [0.3, 0.4) is 0 Å². The Morgan fingerprint density at radius 1 is 1.25 bits per heavy atom. The average molecular weight is 299 g/mol. The Hall–Kier alpha value is -0.910. The highest BCUT2D eigenvalue weighted by atomic mass is 32.2. The summed E-state index contributed by atoms with van der Waals surface area (Å²) in [7, 11) is -3.51. The summed E-state index contributed by atoms with van der Waals surface area (Å²) in [4.78, 5) is 0.262. The molecule has 1 atom stereocenters. The van der Waals surface area contributed by atoms with Crippen molar-refractivity contribution in [2.45, 2.75) is 44.9 Å². The van der Waals surface area contributed by atoms with Crippen molar-refractivity contribution in [3.63, 3.8) is 0 Å². The van der Waals surface area contributed by atoms with Gasteiger partial charge >= 0.3 is 0 Å². The number of hydrogen-bond donors (Lipinski definition) is 2. The lowest BCUT2D eigenvalue weighted by Gasteiger charge is -2.21. The molecule has 5 heteroatoms. The van der Waals surface area contributed by atoms with Gasteiger partial charge < -0.3 is 5.11 Å². The number of rotatable bonds is 7. The van der Waals surface area contributed by atoms with Crippen molar-refractivity contribution in [1.29, 1.82) is 0 Å². The lowest BCUT2D eigenvalue weighted by molar-refractivity contribution is 0.163. The Morgan fingerprint density at radius 3 is 2.25 bits per heavy atom. The highest BCUT2D eigenvalue weighted by Crippen LogP contribution is 2.21. The van der Waals surface area contributed by atoms with Crippen molar-refractivity contribution in [2.24, 2.45) is 5.41 Å². The second kappa shape index (κ2) is 6.70. The number of aliphatic hydroxyl groups excluding tert-OH is 1. The minimum atomic E-state index is -3.51. The minimum absolute atomic E-state index is 0.0670. The molecule has 20 heavy (non-hydrogen) atoms. The molecule has 4 nitrogen and oxygen atoms in total. The number of nitrogens with one attached hydrogen (secondary N) is 1. The molecule has 1 unspecified atom stereocenters. The summed E-state index contributed by atoms with van der Waals surface area (Å²) in [6, 6.07) is 6.99. The summed E-state index contributed by atoms with van der Waals surface area (Å²) in [5.41, 5.74) is 0.672. The zero-order valence-electron chi connectivity index (χ0n) is 12.7. The summed E-state index contributed by atoms with van der Waals surface area (Å²) in [5.74, 6) is 0.424. The molecule has 0 heterocycles. The van der Waals surface area contributed by atoms with Crippen LogP contribution in [0.25, 0.3) is 0 Å². The van der Waals surface area contributed by atoms with Crippen LogP contribution in [-0.4, -0.2) is 26.7 Å². The predicted octanol–water partition coefficient (Wildman–Crippen LogP) is 2.50. The van der Waals surface area contributed by atoms with Gasteiger partial charge in [0.25, 0.3) is 0 Å². The summed E-state index contributed by atoms with van der Waals surface area (Å²) in [5, 5.41) is 9.15. The van der Waals surface area contributed by atoms with Crippen molar-refractivity contribution in [2.75, 3.05) is 13.2 Å². The van der Waals surface area contributed by atoms with Gasteiger partial charge in [-0.2, -0.15) is 0 Å². The summed E-state index contributed by atoms with van der Waals surface area (Å²) >= 11 is 0. The molecule has 0 amide bonds. The molecule has 1 aromatic carbocycles. The number of hydrogen-bond acceptors (Lipinski definition) is 3. The quantitative estimate of drug-likeness (QED) is 0.813. The van der Waals surface area contributed by atoms with Crippen molar-refractivity contribution < 1.29 is 13.5 Å². The van der Waals surface area contributed by atoms with Gasteiger partial charge in [-0.15, -0.1) is 0 Å². The van der Waals surface area contributed by atoms with Crippen molar-refractivity contribution in [1.82, 2.24) is 4.72 Å². The van der Waals surface area contributed by atoms with Gasteiger partial charge in [0.05, 0.1) is 4.90 Å². The fourth-order valence-corrected chi connectivity index (χ4v) is 2.88. The van der Waals surface area contributed by atoms with Crippen LogP contribution < -0.4 is 4.72 Å². The third-order valence-electron chi connectivity index (χ3n) is 3.54. The molecule has 0 bridgehead atoms.